The first-order chi connectivity index (χ1) is 16.1. The third kappa shape index (κ3) is 3.13. The van der Waals surface area contributed by atoms with Crippen molar-refractivity contribution >= 4 is 30.9 Å². The fourth-order valence-corrected chi connectivity index (χ4v) is 6.32. The van der Waals surface area contributed by atoms with Crippen LogP contribution >= 0.6 is 0 Å². The molecule has 0 fully saturated rings. The molecule has 1 aromatic carbocycles. The summed E-state index contributed by atoms with van der Waals surface area (Å²) in [6.45, 7) is 13.4. The van der Waals surface area contributed by atoms with Crippen molar-refractivity contribution in [2.24, 2.45) is 5.92 Å². The van der Waals surface area contributed by atoms with E-state index < -0.39 is 20.4 Å². The van der Waals surface area contributed by atoms with Crippen LogP contribution in [0, 0.1) is 5.92 Å². The van der Waals surface area contributed by atoms with E-state index >= 15 is 0 Å². The quantitative estimate of drug-likeness (QED) is 0.360. The number of aromatic nitrogens is 2. The van der Waals surface area contributed by atoms with Crippen molar-refractivity contribution in [1.29, 1.82) is 0 Å². The molecule has 7 heteroatoms. The van der Waals surface area contributed by atoms with Gasteiger partial charge in [0.25, 0.3) is 5.56 Å². The van der Waals surface area contributed by atoms with Crippen LogP contribution in [0.4, 0.5) is 0 Å². The second-order valence-electron chi connectivity index (χ2n) is 10.4. The van der Waals surface area contributed by atoms with E-state index in [-0.39, 0.29) is 24.5 Å². The Labute approximate surface area is 201 Å². The predicted molar refractivity (Wildman–Crippen MR) is 136 cm³/mol. The predicted octanol–water partition coefficient (Wildman–Crippen LogP) is 3.53. The Morgan fingerprint density at radius 3 is 2.56 bits per heavy atom. The first kappa shape index (κ1) is 23.0. The Hall–Kier alpha value is -2.77. The van der Waals surface area contributed by atoms with Gasteiger partial charge in [0.2, 0.25) is 0 Å². The van der Waals surface area contributed by atoms with Crippen LogP contribution in [0.1, 0.15) is 62.3 Å². The largest absolute Gasteiger partial charge is 0.458 e. The molecule has 2 aliphatic heterocycles. The minimum Gasteiger partial charge on any atom is -0.458 e. The van der Waals surface area contributed by atoms with Crippen LogP contribution in [-0.2, 0) is 28.3 Å². The Bertz CT molecular complexity index is 1410. The second-order valence-corrected chi connectivity index (χ2v) is 13.4. The Morgan fingerprint density at radius 2 is 1.91 bits per heavy atom. The minimum atomic E-state index is -1.81. The molecular formula is C27H32N2O4Si. The highest BCUT2D eigenvalue weighted by Gasteiger charge is 2.45. The Balaban J connectivity index is 1.83. The van der Waals surface area contributed by atoms with Gasteiger partial charge in [-0.1, -0.05) is 58.1 Å². The van der Waals surface area contributed by atoms with Gasteiger partial charge in [0.1, 0.15) is 6.61 Å². The average Bonchev–Trinajstić information content (AvgIpc) is 3.17. The molecule has 34 heavy (non-hydrogen) atoms. The number of rotatable bonds is 4. The van der Waals surface area contributed by atoms with Crippen molar-refractivity contribution in [2.45, 2.75) is 71.9 Å². The molecule has 0 saturated heterocycles. The molecule has 0 radical (unpaired) electrons. The molecule has 0 aliphatic carbocycles. The molecule has 0 bridgehead atoms. The summed E-state index contributed by atoms with van der Waals surface area (Å²) in [4.78, 5) is 31.1. The fraction of sp³-hybridized carbons (Fsp3) is 0.444. The smallest absolute Gasteiger partial charge is 0.343 e. The summed E-state index contributed by atoms with van der Waals surface area (Å²) in [5.41, 5.74) is 3.38. The molecule has 2 atom stereocenters. The lowest BCUT2D eigenvalue weighted by atomic mass is 9.84. The molecule has 0 saturated carbocycles. The van der Waals surface area contributed by atoms with Crippen LogP contribution in [0.5, 0.6) is 0 Å². The number of ether oxygens (including phenoxy) is 1. The molecule has 2 aliphatic rings. The molecule has 178 valence electrons. The third-order valence-electron chi connectivity index (χ3n) is 7.88. The number of fused-ring (bicyclic) bond motifs is 5. The van der Waals surface area contributed by atoms with Crippen molar-refractivity contribution in [2.75, 3.05) is 0 Å². The van der Waals surface area contributed by atoms with Gasteiger partial charge in [-0.15, -0.1) is 0 Å². The molecule has 6 nitrogen and oxygen atoms in total. The molecule has 5 rings (SSSR count). The van der Waals surface area contributed by atoms with Gasteiger partial charge in [-0.3, -0.25) is 4.79 Å². The van der Waals surface area contributed by atoms with E-state index in [0.717, 1.165) is 16.8 Å². The molecule has 0 amide bonds. The molecule has 1 unspecified atom stereocenters. The molecule has 3 aromatic rings. The van der Waals surface area contributed by atoms with Crippen LogP contribution in [0.25, 0.3) is 22.3 Å². The number of nitrogens with zero attached hydrogens (tertiary/aromatic N) is 2. The van der Waals surface area contributed by atoms with Gasteiger partial charge in [-0.05, 0) is 36.0 Å². The number of hydrogen-bond acceptors (Lipinski definition) is 5. The van der Waals surface area contributed by atoms with Crippen molar-refractivity contribution in [3.8, 4) is 11.4 Å². The highest BCUT2D eigenvalue weighted by atomic mass is 28.3. The van der Waals surface area contributed by atoms with Gasteiger partial charge in [-0.25, -0.2) is 9.78 Å². The summed E-state index contributed by atoms with van der Waals surface area (Å²) >= 11 is 0. The van der Waals surface area contributed by atoms with E-state index in [4.69, 9.17) is 9.72 Å². The topological polar surface area (TPSA) is 81.4 Å². The molecule has 4 heterocycles. The van der Waals surface area contributed by atoms with Crippen LogP contribution in [0.15, 0.2) is 29.1 Å². The molecule has 2 aromatic heterocycles. The van der Waals surface area contributed by atoms with E-state index in [1.807, 2.05) is 0 Å². The maximum atomic E-state index is 13.6. The van der Waals surface area contributed by atoms with Crippen molar-refractivity contribution in [1.82, 2.24) is 9.55 Å². The van der Waals surface area contributed by atoms with Gasteiger partial charge in [0.15, 0.2) is 5.60 Å². The zero-order valence-electron chi connectivity index (χ0n) is 20.7. The van der Waals surface area contributed by atoms with Gasteiger partial charge < -0.3 is 14.4 Å². The third-order valence-corrected chi connectivity index (χ3v) is 9.57. The highest BCUT2D eigenvalue weighted by Crippen LogP contribution is 2.43. The normalized spacial score (nSPS) is 19.9. The van der Waals surface area contributed by atoms with Crippen molar-refractivity contribution < 1.29 is 14.6 Å². The zero-order valence-corrected chi connectivity index (χ0v) is 21.9. The lowest BCUT2D eigenvalue weighted by Crippen LogP contribution is -2.44. The summed E-state index contributed by atoms with van der Waals surface area (Å²) in [6.07, 6.45) is 0.136. The first-order valence-electron chi connectivity index (χ1n) is 12.2. The Kier molecular flexibility index (Phi) is 5.33. The van der Waals surface area contributed by atoms with Gasteiger partial charge in [0, 0.05) is 16.5 Å². The number of cyclic esters (lactones) is 1. The van der Waals surface area contributed by atoms with E-state index in [1.165, 1.54) is 16.1 Å². The first-order valence-corrected chi connectivity index (χ1v) is 15.1. The minimum absolute atomic E-state index is 0.112. The second kappa shape index (κ2) is 7.88. The lowest BCUT2D eigenvalue weighted by molar-refractivity contribution is -0.172. The van der Waals surface area contributed by atoms with Crippen LogP contribution in [0.3, 0.4) is 0 Å². The van der Waals surface area contributed by atoms with Crippen molar-refractivity contribution in [3.05, 3.63) is 56.9 Å². The Morgan fingerprint density at radius 1 is 1.18 bits per heavy atom. The number of carbonyl (C=O) groups is 1. The number of benzene rings is 1. The maximum Gasteiger partial charge on any atom is 0.343 e. The van der Waals surface area contributed by atoms with E-state index in [0.29, 0.717) is 29.3 Å². The highest BCUT2D eigenvalue weighted by molar-refractivity contribution is 6.70. The van der Waals surface area contributed by atoms with Crippen LogP contribution < -0.4 is 10.7 Å². The lowest BCUT2D eigenvalue weighted by Gasteiger charge is -2.31. The number of pyridine rings is 2. The zero-order chi connectivity index (χ0) is 24.5. The standard InChI is InChI=1S/C27H32N2O4Si/c1-7-27(32)20-11-22-24-18(12-29(22)25(30)19(20)13-33-26(27)31)23(15(4)14(2)3)17-10-16(34(5)6)8-9-21(17)28-24/h8-11,14-15,32,34H,7,12-13H2,1-6H3/t15?,27-/m0/s1. The van der Waals surface area contributed by atoms with Crippen LogP contribution in [0.2, 0.25) is 13.1 Å². The summed E-state index contributed by atoms with van der Waals surface area (Å²) in [5, 5.41) is 13.7. The van der Waals surface area contributed by atoms with E-state index in [9.17, 15) is 14.7 Å². The number of esters is 1. The summed E-state index contributed by atoms with van der Waals surface area (Å²) in [5.74, 6) is -0.00371. The fourth-order valence-electron chi connectivity index (χ4n) is 5.34. The molecule has 1 N–H and O–H groups in total. The number of hydrogen-bond donors (Lipinski definition) is 1. The van der Waals surface area contributed by atoms with Gasteiger partial charge in [0.05, 0.1) is 37.8 Å². The maximum absolute atomic E-state index is 13.6. The number of aliphatic hydroxyl groups is 1. The monoisotopic (exact) mass is 476 g/mol. The SMILES string of the molecule is CC[C@@]1(O)C(=O)OCc2c1cc1n(c2=O)Cc2c-1nc1ccc([SiH](C)C)cc1c2C(C)C(C)C. The molecular weight excluding hydrogens is 444 g/mol. The van der Waals surface area contributed by atoms with Crippen LogP contribution in [-0.4, -0.2) is 29.4 Å². The van der Waals surface area contributed by atoms with Crippen molar-refractivity contribution in [3.63, 3.8) is 0 Å². The summed E-state index contributed by atoms with van der Waals surface area (Å²) in [7, 11) is -0.999. The average molecular weight is 477 g/mol. The van der Waals surface area contributed by atoms with Gasteiger partial charge >= 0.3 is 5.97 Å². The summed E-state index contributed by atoms with van der Waals surface area (Å²) in [6, 6.07) is 8.40. The summed E-state index contributed by atoms with van der Waals surface area (Å²) < 4.78 is 6.94. The molecule has 0 spiro atoms. The number of carbonyl (C=O) groups excluding carboxylic acids is 1. The van der Waals surface area contributed by atoms with E-state index in [1.54, 1.807) is 17.6 Å². The van der Waals surface area contributed by atoms with E-state index in [2.05, 4.69) is 52.1 Å². The van der Waals surface area contributed by atoms with Gasteiger partial charge in [-0.2, -0.15) is 0 Å².